The minimum Gasteiger partial charge on any atom is -0.480 e. The fraction of sp³-hybridized carbons (Fsp3) is 0.875. The molecule has 2 aliphatic rings. The molecule has 2 rings (SSSR count). The Bertz CT molecular complexity index is 350. The molecule has 1 aliphatic heterocycles. The molecule has 0 radical (unpaired) electrons. The molecule has 2 N–H and O–H groups in total. The van der Waals surface area contributed by atoms with Gasteiger partial charge in [0, 0.05) is 12.6 Å². The van der Waals surface area contributed by atoms with Gasteiger partial charge < -0.3 is 10.4 Å². The van der Waals surface area contributed by atoms with Crippen LogP contribution in [-0.2, 0) is 14.6 Å². The maximum absolute atomic E-state index is 11.8. The van der Waals surface area contributed by atoms with Crippen LogP contribution in [0.25, 0.3) is 0 Å². The second-order valence-electron chi connectivity index (χ2n) is 3.90. The van der Waals surface area contributed by atoms with Crippen LogP contribution >= 0.6 is 0 Å². The van der Waals surface area contributed by atoms with Crippen molar-refractivity contribution in [2.75, 3.05) is 6.54 Å². The number of hydrogen-bond donors (Lipinski definition) is 2. The monoisotopic (exact) mass is 219 g/mol. The van der Waals surface area contributed by atoms with Gasteiger partial charge in [0.25, 0.3) is 0 Å². The van der Waals surface area contributed by atoms with Crippen molar-refractivity contribution in [2.24, 2.45) is 0 Å². The van der Waals surface area contributed by atoms with Gasteiger partial charge >= 0.3 is 5.97 Å². The summed E-state index contributed by atoms with van der Waals surface area (Å²) in [5.41, 5.74) is 0. The van der Waals surface area contributed by atoms with Gasteiger partial charge in [-0.1, -0.05) is 6.42 Å². The number of nitrogens with one attached hydrogen (secondary N) is 1. The van der Waals surface area contributed by atoms with Gasteiger partial charge in [0.15, 0.2) is 15.1 Å². The van der Waals surface area contributed by atoms with E-state index in [0.717, 1.165) is 12.8 Å². The minimum atomic E-state index is -3.46. The summed E-state index contributed by atoms with van der Waals surface area (Å²) in [4.78, 5) is 10.7. The Morgan fingerprint density at radius 2 is 2.07 bits per heavy atom. The van der Waals surface area contributed by atoms with Crippen LogP contribution in [0.2, 0.25) is 0 Å². The third kappa shape index (κ3) is 1.33. The molecule has 0 spiro atoms. The molecule has 2 fully saturated rings. The SMILES string of the molecule is O=C(O)C1CNC2CCCC2S1(=O)=O. The summed E-state index contributed by atoms with van der Waals surface area (Å²) in [6, 6.07) is -0.0180. The van der Waals surface area contributed by atoms with E-state index >= 15 is 0 Å². The van der Waals surface area contributed by atoms with E-state index < -0.39 is 26.3 Å². The largest absolute Gasteiger partial charge is 0.480 e. The molecule has 1 saturated carbocycles. The molecule has 80 valence electrons. The van der Waals surface area contributed by atoms with E-state index in [-0.39, 0.29) is 12.6 Å². The normalized spacial score (nSPS) is 40.4. The van der Waals surface area contributed by atoms with Gasteiger partial charge in [0.05, 0.1) is 5.25 Å². The Labute approximate surface area is 82.4 Å². The van der Waals surface area contributed by atoms with Crippen molar-refractivity contribution in [1.82, 2.24) is 5.32 Å². The smallest absolute Gasteiger partial charge is 0.323 e. The van der Waals surface area contributed by atoms with E-state index in [1.807, 2.05) is 0 Å². The first-order chi connectivity index (χ1) is 6.53. The van der Waals surface area contributed by atoms with Gasteiger partial charge in [-0.2, -0.15) is 0 Å². The number of carbonyl (C=O) groups is 1. The van der Waals surface area contributed by atoms with Crippen LogP contribution < -0.4 is 5.32 Å². The van der Waals surface area contributed by atoms with Gasteiger partial charge in [-0.15, -0.1) is 0 Å². The third-order valence-corrected chi connectivity index (χ3v) is 5.68. The van der Waals surface area contributed by atoms with E-state index in [1.54, 1.807) is 0 Å². The lowest BCUT2D eigenvalue weighted by Gasteiger charge is -2.30. The first kappa shape index (κ1) is 9.92. The number of sulfone groups is 1. The summed E-state index contributed by atoms with van der Waals surface area (Å²) in [6.07, 6.45) is 2.31. The lowest BCUT2D eigenvalue weighted by molar-refractivity contribution is -0.136. The van der Waals surface area contributed by atoms with E-state index in [4.69, 9.17) is 5.11 Å². The Morgan fingerprint density at radius 3 is 2.71 bits per heavy atom. The fourth-order valence-corrected chi connectivity index (χ4v) is 4.58. The topological polar surface area (TPSA) is 83.5 Å². The summed E-state index contributed by atoms with van der Waals surface area (Å²) < 4.78 is 23.6. The Balaban J connectivity index is 2.31. The van der Waals surface area contributed by atoms with Crippen LogP contribution in [0.1, 0.15) is 19.3 Å². The lowest BCUT2D eigenvalue weighted by Crippen LogP contribution is -2.56. The summed E-state index contributed by atoms with van der Waals surface area (Å²) >= 11 is 0. The van der Waals surface area contributed by atoms with Gasteiger partial charge in [-0.25, -0.2) is 8.42 Å². The molecule has 0 aromatic heterocycles. The van der Waals surface area contributed by atoms with Crippen LogP contribution in [-0.4, -0.2) is 42.6 Å². The standard InChI is InChI=1S/C8H13NO4S/c10-8(11)7-4-9-5-2-1-3-6(5)14(7,12)13/h5-7,9H,1-4H2,(H,10,11). The number of carboxylic acid groups (broad SMARTS) is 1. The van der Waals surface area contributed by atoms with Crippen LogP contribution in [0.15, 0.2) is 0 Å². The predicted octanol–water partition coefficient (Wildman–Crippen LogP) is -0.621. The molecule has 0 aromatic rings. The summed E-state index contributed by atoms with van der Waals surface area (Å²) in [5, 5.41) is 10.1. The molecule has 0 amide bonds. The van der Waals surface area contributed by atoms with Crippen LogP contribution in [0.4, 0.5) is 0 Å². The molecule has 1 heterocycles. The van der Waals surface area contributed by atoms with E-state index in [1.165, 1.54) is 0 Å². The highest BCUT2D eigenvalue weighted by molar-refractivity contribution is 7.93. The highest BCUT2D eigenvalue weighted by Crippen LogP contribution is 2.31. The fourth-order valence-electron chi connectivity index (χ4n) is 2.37. The van der Waals surface area contributed by atoms with Gasteiger partial charge in [0.2, 0.25) is 0 Å². The van der Waals surface area contributed by atoms with E-state index in [2.05, 4.69) is 5.32 Å². The second kappa shape index (κ2) is 3.20. The zero-order valence-corrected chi connectivity index (χ0v) is 8.46. The van der Waals surface area contributed by atoms with Crippen molar-refractivity contribution in [2.45, 2.75) is 35.8 Å². The van der Waals surface area contributed by atoms with Crippen molar-refractivity contribution in [3.8, 4) is 0 Å². The quantitative estimate of drug-likeness (QED) is 0.614. The second-order valence-corrected chi connectivity index (χ2v) is 6.25. The summed E-state index contributed by atoms with van der Waals surface area (Å²) in [7, 11) is -3.46. The highest BCUT2D eigenvalue weighted by Gasteiger charge is 2.48. The number of carboxylic acids is 1. The molecule has 1 saturated heterocycles. The van der Waals surface area contributed by atoms with Gasteiger partial charge in [-0.05, 0) is 12.8 Å². The maximum Gasteiger partial charge on any atom is 0.323 e. The van der Waals surface area contributed by atoms with Crippen molar-refractivity contribution in [3.05, 3.63) is 0 Å². The Hall–Kier alpha value is -0.620. The molecule has 0 aromatic carbocycles. The van der Waals surface area contributed by atoms with Crippen molar-refractivity contribution in [1.29, 1.82) is 0 Å². The summed E-state index contributed by atoms with van der Waals surface area (Å²) in [5.74, 6) is -1.23. The van der Waals surface area contributed by atoms with Crippen molar-refractivity contribution < 1.29 is 18.3 Å². The van der Waals surface area contributed by atoms with Crippen LogP contribution in [0.5, 0.6) is 0 Å². The van der Waals surface area contributed by atoms with Gasteiger partial charge in [0.1, 0.15) is 0 Å². The van der Waals surface area contributed by atoms with Crippen LogP contribution in [0.3, 0.4) is 0 Å². The van der Waals surface area contributed by atoms with Crippen LogP contribution in [0, 0.1) is 0 Å². The average molecular weight is 219 g/mol. The number of aliphatic carboxylic acids is 1. The van der Waals surface area contributed by atoms with Crippen molar-refractivity contribution in [3.63, 3.8) is 0 Å². The van der Waals surface area contributed by atoms with Crippen molar-refractivity contribution >= 4 is 15.8 Å². The average Bonchev–Trinajstić information content (AvgIpc) is 2.51. The highest BCUT2D eigenvalue weighted by atomic mass is 32.2. The molecule has 14 heavy (non-hydrogen) atoms. The summed E-state index contributed by atoms with van der Waals surface area (Å²) in [6.45, 7) is 0.0544. The molecule has 5 nitrogen and oxygen atoms in total. The zero-order chi connectivity index (χ0) is 10.3. The third-order valence-electron chi connectivity index (χ3n) is 3.11. The number of fused-ring (bicyclic) bond motifs is 1. The lowest BCUT2D eigenvalue weighted by atomic mass is 10.2. The van der Waals surface area contributed by atoms with E-state index in [0.29, 0.717) is 6.42 Å². The first-order valence-electron chi connectivity index (χ1n) is 4.72. The van der Waals surface area contributed by atoms with E-state index in [9.17, 15) is 13.2 Å². The number of rotatable bonds is 1. The Morgan fingerprint density at radius 1 is 1.36 bits per heavy atom. The maximum atomic E-state index is 11.8. The molecule has 0 bridgehead atoms. The molecular weight excluding hydrogens is 206 g/mol. The molecular formula is C8H13NO4S. The molecule has 6 heteroatoms. The molecule has 3 unspecified atom stereocenters. The molecule has 1 aliphatic carbocycles. The Kier molecular flexibility index (Phi) is 2.27. The number of hydrogen-bond acceptors (Lipinski definition) is 4. The zero-order valence-electron chi connectivity index (χ0n) is 7.64. The minimum absolute atomic E-state index is 0.0180. The first-order valence-corrected chi connectivity index (χ1v) is 6.33. The molecule has 3 atom stereocenters. The van der Waals surface area contributed by atoms with Gasteiger partial charge in [-0.3, -0.25) is 4.79 Å². The predicted molar refractivity (Wildman–Crippen MR) is 49.8 cm³/mol.